The molecule has 7 nitrogen and oxygen atoms in total. The molecule has 0 saturated carbocycles. The third kappa shape index (κ3) is 4.20. The molecule has 9 heteroatoms. The number of allylic oxidation sites excluding steroid dienone is 1. The van der Waals surface area contributed by atoms with Crippen LogP contribution in [-0.4, -0.2) is 38.5 Å². The number of hydrogen-bond donors (Lipinski definition) is 1. The molecule has 0 fully saturated rings. The van der Waals surface area contributed by atoms with Crippen LogP contribution in [0.4, 0.5) is 4.39 Å². The SMILES string of the molecule is COc1ccc(CNC(=O)C2=CC(c3ccc(F)cc3)=NS(=O)(=O)N2C)cc1. The second-order valence-corrected chi connectivity index (χ2v) is 7.62. The smallest absolute Gasteiger partial charge is 0.345 e. The fourth-order valence-electron chi connectivity index (χ4n) is 2.54. The third-order valence-electron chi connectivity index (χ3n) is 4.16. The first-order valence-corrected chi connectivity index (χ1v) is 9.67. The number of amides is 1. The van der Waals surface area contributed by atoms with Gasteiger partial charge in [0.2, 0.25) is 0 Å². The molecule has 0 bridgehead atoms. The van der Waals surface area contributed by atoms with Gasteiger partial charge in [-0.25, -0.2) is 8.70 Å². The van der Waals surface area contributed by atoms with Crippen LogP contribution in [0.25, 0.3) is 0 Å². The van der Waals surface area contributed by atoms with Gasteiger partial charge in [0, 0.05) is 19.2 Å². The van der Waals surface area contributed by atoms with Gasteiger partial charge >= 0.3 is 10.2 Å². The Kier molecular flexibility index (Phi) is 5.46. The quantitative estimate of drug-likeness (QED) is 0.827. The molecule has 0 spiro atoms. The predicted octanol–water partition coefficient (Wildman–Crippen LogP) is 2.01. The number of nitrogens with zero attached hydrogens (tertiary/aromatic N) is 2. The number of ether oxygens (including phenoxy) is 1. The van der Waals surface area contributed by atoms with Crippen LogP contribution in [-0.2, 0) is 21.5 Å². The third-order valence-corrected chi connectivity index (χ3v) is 5.47. The maximum absolute atomic E-state index is 13.1. The second-order valence-electron chi connectivity index (χ2n) is 5.99. The Morgan fingerprint density at radius 3 is 2.39 bits per heavy atom. The fourth-order valence-corrected chi connectivity index (χ4v) is 3.45. The van der Waals surface area contributed by atoms with Gasteiger partial charge in [-0.2, -0.15) is 8.42 Å². The Balaban J connectivity index is 1.82. The molecule has 1 N–H and O–H groups in total. The van der Waals surface area contributed by atoms with Gasteiger partial charge in [0.05, 0.1) is 12.8 Å². The van der Waals surface area contributed by atoms with Crippen LogP contribution in [0.3, 0.4) is 0 Å². The van der Waals surface area contributed by atoms with Gasteiger partial charge in [-0.1, -0.05) is 12.1 Å². The number of carbonyl (C=O) groups is 1. The molecule has 1 aliphatic heterocycles. The molecule has 1 heterocycles. The van der Waals surface area contributed by atoms with E-state index in [0.717, 1.165) is 9.87 Å². The highest BCUT2D eigenvalue weighted by Crippen LogP contribution is 2.20. The highest BCUT2D eigenvalue weighted by Gasteiger charge is 2.29. The first kappa shape index (κ1) is 19.6. The number of hydrogen-bond acceptors (Lipinski definition) is 4. The van der Waals surface area contributed by atoms with Crippen molar-refractivity contribution >= 4 is 21.8 Å². The molecule has 0 unspecified atom stereocenters. The van der Waals surface area contributed by atoms with E-state index in [9.17, 15) is 17.6 Å². The van der Waals surface area contributed by atoms with E-state index < -0.39 is 21.9 Å². The van der Waals surface area contributed by atoms with Gasteiger partial charge in [0.15, 0.2) is 0 Å². The van der Waals surface area contributed by atoms with E-state index in [2.05, 4.69) is 9.71 Å². The van der Waals surface area contributed by atoms with Gasteiger partial charge in [-0.3, -0.25) is 4.79 Å². The summed E-state index contributed by atoms with van der Waals surface area (Å²) in [5.41, 5.74) is 1.19. The normalized spacial score (nSPS) is 15.5. The van der Waals surface area contributed by atoms with Crippen LogP contribution in [0.2, 0.25) is 0 Å². The summed E-state index contributed by atoms with van der Waals surface area (Å²) < 4.78 is 47.3. The van der Waals surface area contributed by atoms with E-state index in [4.69, 9.17) is 4.74 Å². The van der Waals surface area contributed by atoms with Crippen molar-refractivity contribution in [2.24, 2.45) is 4.40 Å². The van der Waals surface area contributed by atoms with Crippen LogP contribution in [0, 0.1) is 5.82 Å². The first-order chi connectivity index (χ1) is 13.3. The zero-order valence-corrected chi connectivity index (χ0v) is 16.0. The minimum atomic E-state index is -4.07. The van der Waals surface area contributed by atoms with E-state index >= 15 is 0 Å². The van der Waals surface area contributed by atoms with E-state index in [1.807, 2.05) is 0 Å². The molecular formula is C19H18FN3O4S. The molecule has 2 aromatic carbocycles. The highest BCUT2D eigenvalue weighted by molar-refractivity contribution is 7.88. The van der Waals surface area contributed by atoms with Crippen LogP contribution >= 0.6 is 0 Å². The Hall–Kier alpha value is -3.20. The lowest BCUT2D eigenvalue weighted by atomic mass is 10.1. The summed E-state index contributed by atoms with van der Waals surface area (Å²) in [6, 6.07) is 12.3. The zero-order valence-electron chi connectivity index (χ0n) is 15.2. The largest absolute Gasteiger partial charge is 0.497 e. The van der Waals surface area contributed by atoms with Gasteiger partial charge in [-0.05, 0) is 48.0 Å². The van der Waals surface area contributed by atoms with E-state index in [0.29, 0.717) is 11.3 Å². The summed E-state index contributed by atoms with van der Waals surface area (Å²) in [5.74, 6) is -0.339. The van der Waals surface area contributed by atoms with Crippen LogP contribution in [0.15, 0.2) is 64.7 Å². The van der Waals surface area contributed by atoms with Crippen LogP contribution in [0.5, 0.6) is 5.75 Å². The maximum atomic E-state index is 13.1. The summed E-state index contributed by atoms with van der Waals surface area (Å²) >= 11 is 0. The standard InChI is InChI=1S/C19H18FN3O4S/c1-23-18(19(24)21-12-13-3-9-16(27-2)10-4-13)11-17(22-28(23,25)26)14-5-7-15(20)8-6-14/h3-11H,12H2,1-2H3,(H,21,24). The second kappa shape index (κ2) is 7.81. The Morgan fingerprint density at radius 1 is 1.14 bits per heavy atom. The minimum Gasteiger partial charge on any atom is -0.497 e. The first-order valence-electron chi connectivity index (χ1n) is 8.28. The number of likely N-dealkylation sites (N-methyl/N-ethyl adjacent to an activating group) is 1. The van der Waals surface area contributed by atoms with Gasteiger partial charge in [-0.15, -0.1) is 4.40 Å². The lowest BCUT2D eigenvalue weighted by molar-refractivity contribution is -0.118. The molecule has 28 heavy (non-hydrogen) atoms. The summed E-state index contributed by atoms with van der Waals surface area (Å²) in [4.78, 5) is 12.6. The highest BCUT2D eigenvalue weighted by atomic mass is 32.2. The molecule has 0 aliphatic carbocycles. The summed E-state index contributed by atoms with van der Waals surface area (Å²) in [7, 11) is -1.27. The Bertz CT molecular complexity index is 1050. The van der Waals surface area contributed by atoms with E-state index in [1.165, 1.54) is 37.4 Å². The Labute approximate surface area is 162 Å². The fraction of sp³-hybridized carbons (Fsp3) is 0.158. The molecule has 2 aromatic rings. The van der Waals surface area contributed by atoms with Crippen molar-refractivity contribution < 1.29 is 22.3 Å². The molecule has 1 aliphatic rings. The van der Waals surface area contributed by atoms with Gasteiger partial charge in [0.1, 0.15) is 17.3 Å². The molecule has 3 rings (SSSR count). The van der Waals surface area contributed by atoms with Gasteiger partial charge < -0.3 is 10.1 Å². The number of nitrogens with one attached hydrogen (secondary N) is 1. The van der Waals surface area contributed by atoms with Crippen LogP contribution < -0.4 is 10.1 Å². The molecule has 0 saturated heterocycles. The summed E-state index contributed by atoms with van der Waals surface area (Å²) in [6.45, 7) is 0.205. The number of carbonyl (C=O) groups excluding carboxylic acids is 1. The van der Waals surface area contributed by atoms with Crippen molar-refractivity contribution in [2.75, 3.05) is 14.2 Å². The number of rotatable bonds is 5. The number of benzene rings is 2. The number of halogens is 1. The Morgan fingerprint density at radius 2 is 1.79 bits per heavy atom. The lowest BCUT2D eigenvalue weighted by Gasteiger charge is -2.23. The van der Waals surface area contributed by atoms with E-state index in [1.54, 1.807) is 31.4 Å². The lowest BCUT2D eigenvalue weighted by Crippen LogP contribution is -2.38. The topological polar surface area (TPSA) is 88.1 Å². The zero-order chi connectivity index (χ0) is 20.3. The molecular weight excluding hydrogens is 385 g/mol. The molecule has 1 amide bonds. The minimum absolute atomic E-state index is 0.0627. The predicted molar refractivity (Wildman–Crippen MR) is 103 cm³/mol. The maximum Gasteiger partial charge on any atom is 0.345 e. The van der Waals surface area contributed by atoms with Crippen molar-refractivity contribution in [2.45, 2.75) is 6.54 Å². The van der Waals surface area contributed by atoms with Gasteiger partial charge in [0.25, 0.3) is 5.91 Å². The van der Waals surface area contributed by atoms with Crippen LogP contribution in [0.1, 0.15) is 11.1 Å². The summed E-state index contributed by atoms with van der Waals surface area (Å²) in [5, 5.41) is 2.69. The molecule has 0 radical (unpaired) electrons. The van der Waals surface area contributed by atoms with Crippen molar-refractivity contribution in [3.63, 3.8) is 0 Å². The van der Waals surface area contributed by atoms with Crippen molar-refractivity contribution in [3.05, 3.63) is 77.2 Å². The average Bonchev–Trinajstić information content (AvgIpc) is 2.69. The molecule has 0 atom stereocenters. The van der Waals surface area contributed by atoms with Crippen molar-refractivity contribution in [1.82, 2.24) is 9.62 Å². The number of methoxy groups -OCH3 is 1. The van der Waals surface area contributed by atoms with Crippen molar-refractivity contribution in [3.8, 4) is 5.75 Å². The monoisotopic (exact) mass is 403 g/mol. The van der Waals surface area contributed by atoms with Crippen molar-refractivity contribution in [1.29, 1.82) is 0 Å². The van der Waals surface area contributed by atoms with E-state index in [-0.39, 0.29) is 18.0 Å². The molecule has 146 valence electrons. The molecule has 0 aromatic heterocycles. The summed E-state index contributed by atoms with van der Waals surface area (Å²) in [6.07, 6.45) is 1.36. The average molecular weight is 403 g/mol.